The van der Waals surface area contributed by atoms with E-state index in [-0.39, 0.29) is 37.2 Å². The molecule has 392 valence electrons. The Kier molecular flexibility index (Phi) is 18.5. The van der Waals surface area contributed by atoms with Gasteiger partial charge in [-0.3, -0.25) is 9.59 Å². The second-order valence-corrected chi connectivity index (χ2v) is 17.4. The van der Waals surface area contributed by atoms with Crippen LogP contribution in [0.5, 0.6) is 34.5 Å². The summed E-state index contributed by atoms with van der Waals surface area (Å²) in [7, 11) is 6.30. The van der Waals surface area contributed by atoms with Gasteiger partial charge in [-0.05, 0) is 85.6 Å². The average molecular weight is 1030 g/mol. The molecule has 0 fully saturated rings. The zero-order chi connectivity index (χ0) is 53.2. The molecule has 2 N–H and O–H groups in total. The number of methoxy groups -OCH3 is 4. The Hall–Kier alpha value is -8.86. The van der Waals surface area contributed by atoms with E-state index in [9.17, 15) is 19.2 Å². The summed E-state index contributed by atoms with van der Waals surface area (Å²) < 4.78 is 57.9. The minimum atomic E-state index is -0.844. The quantitative estimate of drug-likeness (QED) is 0.0297. The van der Waals surface area contributed by atoms with Crippen LogP contribution in [0.4, 0.5) is 0 Å². The summed E-state index contributed by atoms with van der Waals surface area (Å²) in [5.74, 6) is 2.37. The monoisotopic (exact) mass is 1030 g/mol. The maximum atomic E-state index is 13.5. The fraction of sp³-hybridized carbons (Fsp3) is 0.233. The van der Waals surface area contributed by atoms with E-state index in [1.807, 2.05) is 97.1 Å². The van der Waals surface area contributed by atoms with Crippen molar-refractivity contribution < 1.29 is 56.3 Å². The fourth-order valence-electron chi connectivity index (χ4n) is 8.19. The molecular formula is C60H58N2O14. The van der Waals surface area contributed by atoms with Gasteiger partial charge in [0.25, 0.3) is 0 Å². The van der Waals surface area contributed by atoms with Crippen LogP contribution in [-0.2, 0) is 31.9 Å². The van der Waals surface area contributed by atoms with Gasteiger partial charge in [-0.1, -0.05) is 72.8 Å². The number of hydrogen-bond acceptors (Lipinski definition) is 16. The topological polar surface area (TPSA) is 192 Å². The van der Waals surface area contributed by atoms with Crippen LogP contribution in [0.1, 0.15) is 11.1 Å². The van der Waals surface area contributed by atoms with Crippen molar-refractivity contribution in [3.05, 3.63) is 189 Å². The number of benzene rings is 6. The van der Waals surface area contributed by atoms with E-state index in [1.54, 1.807) is 64.8 Å². The third-order valence-corrected chi connectivity index (χ3v) is 12.1. The lowest BCUT2D eigenvalue weighted by Crippen LogP contribution is -2.36. The van der Waals surface area contributed by atoms with Gasteiger partial charge in [0.2, 0.25) is 0 Å². The SMILES string of the molecule is COc1ccc(CCNCC(COc2ccc3c(=O)cc(-c4ccccc4)oc3c2)OC(=O)/C=C\C(=O)OC(CNCCc2ccc(OC)c(OC)c2)COc2ccc3c(=O)cc(-c4ccccc4)oc3c2)cc1OC. The molecule has 2 atom stereocenters. The highest BCUT2D eigenvalue weighted by Crippen LogP contribution is 2.30. The number of carbonyl (C=O) groups is 2. The highest BCUT2D eigenvalue weighted by atomic mass is 16.6. The first kappa shape index (κ1) is 53.4. The van der Waals surface area contributed by atoms with Crippen molar-refractivity contribution in [2.45, 2.75) is 25.0 Å². The molecule has 8 aromatic rings. The summed E-state index contributed by atoms with van der Waals surface area (Å²) in [6.45, 7) is 1.17. The number of fused-ring (bicyclic) bond motifs is 2. The standard InChI is InChI=1S/C60H58N2O14/c1-67-51-21-15-39(29-57(51)69-3)25-27-61-35-45(37-71-43-17-19-47-49(63)33-53(75-55(47)31-43)41-11-7-5-8-12-41)73-59(65)23-24-60(66)74-46(36-62-28-26-40-16-22-52(68-2)58(30-40)70-4)38-72-44-18-20-48-50(64)34-54(76-56(48)32-44)42-13-9-6-10-14-42/h5-24,29-34,45-46,61-62H,25-28,35-38H2,1-4H3/b24-23-. The van der Waals surface area contributed by atoms with Crippen LogP contribution < -0.4 is 49.9 Å². The van der Waals surface area contributed by atoms with Crippen LogP contribution in [0.25, 0.3) is 44.6 Å². The zero-order valence-electron chi connectivity index (χ0n) is 42.5. The molecule has 0 aliphatic carbocycles. The summed E-state index contributed by atoms with van der Waals surface area (Å²) in [4.78, 5) is 53.0. The van der Waals surface area contributed by atoms with Gasteiger partial charge >= 0.3 is 11.9 Å². The number of nitrogens with one attached hydrogen (secondary N) is 2. The van der Waals surface area contributed by atoms with E-state index in [4.69, 9.17) is 46.7 Å². The van der Waals surface area contributed by atoms with Crippen molar-refractivity contribution in [1.82, 2.24) is 10.6 Å². The van der Waals surface area contributed by atoms with Crippen LogP contribution in [0.3, 0.4) is 0 Å². The first-order chi connectivity index (χ1) is 37.1. The highest BCUT2D eigenvalue weighted by Gasteiger charge is 2.19. The van der Waals surface area contributed by atoms with E-state index >= 15 is 0 Å². The second-order valence-electron chi connectivity index (χ2n) is 17.4. The van der Waals surface area contributed by atoms with E-state index < -0.39 is 24.1 Å². The maximum Gasteiger partial charge on any atom is 0.331 e. The molecule has 0 amide bonds. The molecule has 16 heteroatoms. The van der Waals surface area contributed by atoms with Crippen LogP contribution in [0, 0.1) is 0 Å². The van der Waals surface area contributed by atoms with Gasteiger partial charge in [0, 0.05) is 60.6 Å². The van der Waals surface area contributed by atoms with Gasteiger partial charge in [-0.2, -0.15) is 0 Å². The van der Waals surface area contributed by atoms with E-state index in [1.165, 1.54) is 12.1 Å². The predicted octanol–water partition coefficient (Wildman–Crippen LogP) is 8.77. The van der Waals surface area contributed by atoms with E-state index in [2.05, 4.69) is 10.6 Å². The molecule has 16 nitrogen and oxygen atoms in total. The summed E-state index contributed by atoms with van der Waals surface area (Å²) in [6.07, 6.45) is 1.53. The second kappa shape index (κ2) is 26.4. The Morgan fingerprint density at radius 1 is 0.487 bits per heavy atom. The smallest absolute Gasteiger partial charge is 0.331 e. The zero-order valence-corrected chi connectivity index (χ0v) is 42.5. The minimum Gasteiger partial charge on any atom is -0.493 e. The molecule has 6 aromatic carbocycles. The lowest BCUT2D eigenvalue weighted by atomic mass is 10.1. The Bertz CT molecular complexity index is 3170. The Morgan fingerprint density at radius 3 is 1.29 bits per heavy atom. The van der Waals surface area contributed by atoms with Gasteiger partial charge in [-0.15, -0.1) is 0 Å². The summed E-state index contributed by atoms with van der Waals surface area (Å²) in [5, 5.41) is 7.42. The van der Waals surface area contributed by atoms with Crippen molar-refractivity contribution in [1.29, 1.82) is 0 Å². The number of ether oxygens (including phenoxy) is 8. The molecule has 0 aliphatic rings. The van der Waals surface area contributed by atoms with Crippen LogP contribution in [0.2, 0.25) is 0 Å². The normalized spacial score (nSPS) is 12.0. The lowest BCUT2D eigenvalue weighted by molar-refractivity contribution is -0.147. The molecule has 0 aliphatic heterocycles. The first-order valence-corrected chi connectivity index (χ1v) is 24.5. The van der Waals surface area contributed by atoms with Crippen LogP contribution in [0.15, 0.2) is 176 Å². The Labute approximate surface area is 438 Å². The number of carbonyl (C=O) groups excluding carboxylic acids is 2. The van der Waals surface area contributed by atoms with E-state index in [0.717, 1.165) is 34.4 Å². The van der Waals surface area contributed by atoms with Crippen molar-refractivity contribution in [3.63, 3.8) is 0 Å². The molecule has 0 saturated heterocycles. The molecule has 8 rings (SSSR count). The molecule has 76 heavy (non-hydrogen) atoms. The van der Waals surface area contributed by atoms with Gasteiger partial charge in [-0.25, -0.2) is 9.59 Å². The predicted molar refractivity (Wildman–Crippen MR) is 288 cm³/mol. The number of rotatable bonds is 26. The summed E-state index contributed by atoms with van der Waals surface area (Å²) in [5.41, 5.74) is 3.71. The Balaban J connectivity index is 0.938. The number of hydrogen-bond donors (Lipinski definition) is 2. The Morgan fingerprint density at radius 2 is 0.895 bits per heavy atom. The van der Waals surface area contributed by atoms with Gasteiger partial charge in [0.05, 0.1) is 39.2 Å². The van der Waals surface area contributed by atoms with Crippen molar-refractivity contribution in [2.75, 3.05) is 67.8 Å². The van der Waals surface area contributed by atoms with Gasteiger partial charge in [0.1, 0.15) is 59.6 Å². The fourth-order valence-corrected chi connectivity index (χ4v) is 8.19. The lowest BCUT2D eigenvalue weighted by Gasteiger charge is -2.19. The first-order valence-electron chi connectivity index (χ1n) is 24.5. The van der Waals surface area contributed by atoms with Gasteiger partial charge in [0.15, 0.2) is 33.9 Å². The van der Waals surface area contributed by atoms with Crippen molar-refractivity contribution in [2.24, 2.45) is 0 Å². The molecular weight excluding hydrogens is 973 g/mol. The minimum absolute atomic E-state index is 0.0956. The summed E-state index contributed by atoms with van der Waals surface area (Å²) >= 11 is 0. The maximum absolute atomic E-state index is 13.5. The molecule has 2 heterocycles. The molecule has 0 spiro atoms. The van der Waals surface area contributed by atoms with Crippen LogP contribution in [-0.4, -0.2) is 92.0 Å². The average Bonchev–Trinajstić information content (AvgIpc) is 3.45. The summed E-state index contributed by atoms with van der Waals surface area (Å²) in [6, 6.07) is 42.6. The van der Waals surface area contributed by atoms with Gasteiger partial charge < -0.3 is 57.4 Å². The molecule has 2 unspecified atom stereocenters. The van der Waals surface area contributed by atoms with E-state index in [0.29, 0.717) is 93.9 Å². The third kappa shape index (κ3) is 14.5. The highest BCUT2D eigenvalue weighted by molar-refractivity contribution is 5.92. The largest absolute Gasteiger partial charge is 0.493 e. The third-order valence-electron chi connectivity index (χ3n) is 12.1. The van der Waals surface area contributed by atoms with Crippen LogP contribution >= 0.6 is 0 Å². The number of esters is 2. The van der Waals surface area contributed by atoms with Crippen molar-refractivity contribution in [3.8, 4) is 57.1 Å². The molecule has 0 bridgehead atoms. The molecule has 0 saturated carbocycles. The molecule has 0 radical (unpaired) electrons. The molecule has 2 aromatic heterocycles. The van der Waals surface area contributed by atoms with Crippen molar-refractivity contribution >= 4 is 33.9 Å².